The molecule has 0 atom stereocenters. The molecule has 0 spiro atoms. The van der Waals surface area contributed by atoms with Crippen molar-refractivity contribution in [2.75, 3.05) is 30.8 Å². The van der Waals surface area contributed by atoms with Gasteiger partial charge >= 0.3 is 5.97 Å². The molecule has 1 aliphatic heterocycles. The topological polar surface area (TPSA) is 99.5 Å². The molecule has 22 heavy (non-hydrogen) atoms. The monoisotopic (exact) mass is 319 g/mol. The number of nitrogens with one attached hydrogen (secondary N) is 1. The number of rotatable bonds is 5. The van der Waals surface area contributed by atoms with Crippen molar-refractivity contribution in [2.24, 2.45) is 0 Å². The van der Waals surface area contributed by atoms with Gasteiger partial charge in [-0.25, -0.2) is 0 Å². The number of nitriles is 1. The van der Waals surface area contributed by atoms with Crippen molar-refractivity contribution in [2.45, 2.75) is 0 Å². The maximum Gasteiger partial charge on any atom is 0.326 e. The number of para-hydroxylation sites is 1. The van der Waals surface area contributed by atoms with Gasteiger partial charge in [0.05, 0.1) is 11.3 Å². The van der Waals surface area contributed by atoms with Gasteiger partial charge in [0.2, 0.25) is 0 Å². The van der Waals surface area contributed by atoms with E-state index in [1.54, 1.807) is 24.3 Å². The lowest BCUT2D eigenvalue weighted by atomic mass is 10.2. The third-order valence-corrected chi connectivity index (χ3v) is 3.74. The van der Waals surface area contributed by atoms with E-state index in [9.17, 15) is 14.4 Å². The Morgan fingerprint density at radius 2 is 2.18 bits per heavy atom. The van der Waals surface area contributed by atoms with Crippen molar-refractivity contribution in [3.05, 3.63) is 29.8 Å². The zero-order valence-electron chi connectivity index (χ0n) is 11.6. The van der Waals surface area contributed by atoms with Crippen LogP contribution >= 0.6 is 11.8 Å². The molecule has 1 fully saturated rings. The molecule has 1 aromatic rings. The number of carbonyl (C=O) groups excluding carboxylic acids is 3. The molecule has 0 bridgehead atoms. The fraction of sp³-hybridized carbons (Fsp3) is 0.286. The summed E-state index contributed by atoms with van der Waals surface area (Å²) in [6.07, 6.45) is 0. The minimum atomic E-state index is -0.639. The highest BCUT2D eigenvalue weighted by Crippen LogP contribution is 2.16. The Kier molecular flexibility index (Phi) is 5.38. The smallest absolute Gasteiger partial charge is 0.326 e. The van der Waals surface area contributed by atoms with Gasteiger partial charge in [0.1, 0.15) is 12.6 Å². The number of hydrogen-bond donors (Lipinski definition) is 1. The third-order valence-electron chi connectivity index (χ3n) is 2.85. The summed E-state index contributed by atoms with van der Waals surface area (Å²) in [5.74, 6) is -0.532. The summed E-state index contributed by atoms with van der Waals surface area (Å²) < 4.78 is 4.82. The fourth-order valence-electron chi connectivity index (χ4n) is 1.79. The second-order valence-corrected chi connectivity index (χ2v) is 5.45. The number of anilines is 1. The summed E-state index contributed by atoms with van der Waals surface area (Å²) in [5.41, 5.74) is 0.680. The Balaban J connectivity index is 1.79. The standard InChI is InChI=1S/C14H13N3O4S/c15-7-10-3-1-2-4-11(10)16-12(18)9-21-13(19)8-17-5-6-22-14(17)20/h1-4H,5-6,8-9H2,(H,16,18). The molecule has 8 heteroatoms. The van der Waals surface area contributed by atoms with Gasteiger partial charge < -0.3 is 15.0 Å². The molecule has 1 saturated heterocycles. The van der Waals surface area contributed by atoms with Crippen LogP contribution in [-0.4, -0.2) is 47.5 Å². The van der Waals surface area contributed by atoms with Crippen molar-refractivity contribution in [1.82, 2.24) is 4.90 Å². The Bertz CT molecular complexity index is 641. The van der Waals surface area contributed by atoms with E-state index in [4.69, 9.17) is 10.00 Å². The van der Waals surface area contributed by atoms with Crippen molar-refractivity contribution >= 4 is 34.6 Å². The second-order valence-electron chi connectivity index (χ2n) is 4.40. The number of amides is 2. The SMILES string of the molecule is N#Cc1ccccc1NC(=O)COC(=O)CN1CCSC1=O. The first-order valence-electron chi connectivity index (χ1n) is 6.46. The first kappa shape index (κ1) is 15.9. The lowest BCUT2D eigenvalue weighted by Crippen LogP contribution is -2.32. The molecule has 0 saturated carbocycles. The van der Waals surface area contributed by atoms with Crippen molar-refractivity contribution in [3.63, 3.8) is 0 Å². The van der Waals surface area contributed by atoms with E-state index in [0.717, 1.165) is 11.8 Å². The lowest BCUT2D eigenvalue weighted by Gasteiger charge is -2.13. The Morgan fingerprint density at radius 1 is 1.41 bits per heavy atom. The molecule has 0 radical (unpaired) electrons. The van der Waals surface area contributed by atoms with E-state index in [1.165, 1.54) is 4.90 Å². The zero-order valence-corrected chi connectivity index (χ0v) is 12.4. The molecule has 0 aromatic heterocycles. The predicted octanol–water partition coefficient (Wildman–Crippen LogP) is 1.21. The highest BCUT2D eigenvalue weighted by atomic mass is 32.2. The van der Waals surface area contributed by atoms with Crippen LogP contribution in [0, 0.1) is 11.3 Å². The van der Waals surface area contributed by atoms with Crippen LogP contribution in [0.4, 0.5) is 10.5 Å². The molecule has 2 amide bonds. The summed E-state index contributed by atoms with van der Waals surface area (Å²) in [5, 5.41) is 11.2. The van der Waals surface area contributed by atoms with Crippen LogP contribution < -0.4 is 5.32 Å². The second kappa shape index (κ2) is 7.47. The molecule has 2 rings (SSSR count). The van der Waals surface area contributed by atoms with Gasteiger partial charge in [0.15, 0.2) is 6.61 Å². The van der Waals surface area contributed by atoms with Gasteiger partial charge in [0, 0.05) is 12.3 Å². The maximum atomic E-state index is 11.7. The molecule has 1 aliphatic rings. The van der Waals surface area contributed by atoms with E-state index < -0.39 is 18.5 Å². The third kappa shape index (κ3) is 4.23. The van der Waals surface area contributed by atoms with Gasteiger partial charge in [0.25, 0.3) is 11.1 Å². The number of hydrogen-bond acceptors (Lipinski definition) is 6. The largest absolute Gasteiger partial charge is 0.454 e. The van der Waals surface area contributed by atoms with E-state index in [0.29, 0.717) is 23.5 Å². The number of thioether (sulfide) groups is 1. The Morgan fingerprint density at radius 3 is 2.86 bits per heavy atom. The molecular weight excluding hydrogens is 306 g/mol. The molecule has 1 heterocycles. The van der Waals surface area contributed by atoms with Crippen molar-refractivity contribution in [3.8, 4) is 6.07 Å². The van der Waals surface area contributed by atoms with Crippen molar-refractivity contribution in [1.29, 1.82) is 5.26 Å². The van der Waals surface area contributed by atoms with E-state index in [-0.39, 0.29) is 11.8 Å². The highest BCUT2D eigenvalue weighted by Gasteiger charge is 2.24. The maximum absolute atomic E-state index is 11.7. The average molecular weight is 319 g/mol. The molecule has 1 aromatic carbocycles. The zero-order chi connectivity index (χ0) is 15.9. The Labute approximate surface area is 131 Å². The van der Waals surface area contributed by atoms with Crippen LogP contribution in [0.1, 0.15) is 5.56 Å². The van der Waals surface area contributed by atoms with Gasteiger partial charge in [-0.1, -0.05) is 23.9 Å². The minimum absolute atomic E-state index is 0.159. The number of nitrogens with zero attached hydrogens (tertiary/aromatic N) is 2. The molecular formula is C14H13N3O4S. The van der Waals surface area contributed by atoms with Crippen LogP contribution in [0.2, 0.25) is 0 Å². The summed E-state index contributed by atoms with van der Waals surface area (Å²) in [6, 6.07) is 8.46. The minimum Gasteiger partial charge on any atom is -0.454 e. The van der Waals surface area contributed by atoms with E-state index >= 15 is 0 Å². The molecule has 1 N–H and O–H groups in total. The molecule has 7 nitrogen and oxygen atoms in total. The van der Waals surface area contributed by atoms with E-state index in [1.807, 2.05) is 6.07 Å². The van der Waals surface area contributed by atoms with Gasteiger partial charge in [-0.15, -0.1) is 0 Å². The number of esters is 1. The molecule has 0 unspecified atom stereocenters. The van der Waals surface area contributed by atoms with Crippen LogP contribution in [0.25, 0.3) is 0 Å². The quantitative estimate of drug-likeness (QED) is 0.819. The number of benzene rings is 1. The number of carbonyl (C=O) groups is 3. The van der Waals surface area contributed by atoms with Crippen LogP contribution in [-0.2, 0) is 14.3 Å². The summed E-state index contributed by atoms with van der Waals surface area (Å²) in [7, 11) is 0. The summed E-state index contributed by atoms with van der Waals surface area (Å²) >= 11 is 1.15. The lowest BCUT2D eigenvalue weighted by molar-refractivity contribution is -0.147. The predicted molar refractivity (Wildman–Crippen MR) is 80.2 cm³/mol. The van der Waals surface area contributed by atoms with Crippen molar-refractivity contribution < 1.29 is 19.1 Å². The van der Waals surface area contributed by atoms with Crippen LogP contribution in [0.15, 0.2) is 24.3 Å². The fourth-order valence-corrected chi connectivity index (χ4v) is 2.62. The van der Waals surface area contributed by atoms with Gasteiger partial charge in [-0.3, -0.25) is 14.4 Å². The molecule has 0 aliphatic carbocycles. The number of ether oxygens (including phenoxy) is 1. The highest BCUT2D eigenvalue weighted by molar-refractivity contribution is 8.13. The average Bonchev–Trinajstić information content (AvgIpc) is 2.91. The Hall–Kier alpha value is -2.53. The normalized spacial score (nSPS) is 13.6. The van der Waals surface area contributed by atoms with Crippen LogP contribution in [0.5, 0.6) is 0 Å². The first-order chi connectivity index (χ1) is 10.6. The van der Waals surface area contributed by atoms with Gasteiger partial charge in [-0.2, -0.15) is 5.26 Å². The summed E-state index contributed by atoms with van der Waals surface area (Å²) in [6.45, 7) is -0.123. The van der Waals surface area contributed by atoms with Crippen LogP contribution in [0.3, 0.4) is 0 Å². The van der Waals surface area contributed by atoms with Gasteiger partial charge in [-0.05, 0) is 12.1 Å². The van der Waals surface area contributed by atoms with E-state index in [2.05, 4.69) is 5.32 Å². The molecule has 114 valence electrons. The first-order valence-corrected chi connectivity index (χ1v) is 7.45. The summed E-state index contributed by atoms with van der Waals surface area (Å²) in [4.78, 5) is 36.0.